The van der Waals surface area contributed by atoms with E-state index < -0.39 is 47.2 Å². The molecule has 0 bridgehead atoms. The van der Waals surface area contributed by atoms with Gasteiger partial charge in [0.15, 0.2) is 0 Å². The summed E-state index contributed by atoms with van der Waals surface area (Å²) in [6.45, 7) is 49.7. The Morgan fingerprint density at radius 1 is 0.539 bits per heavy atom. The van der Waals surface area contributed by atoms with Crippen LogP contribution in [0.1, 0.15) is 345 Å². The number of carboxylic acids is 7. The van der Waals surface area contributed by atoms with Gasteiger partial charge in [-0.15, -0.1) is 0 Å². The normalized spacial score (nSPS) is 33.8. The number of carbonyl (C=O) groups is 7. The molecule has 0 radical (unpaired) electrons. The fourth-order valence-electron chi connectivity index (χ4n) is 20.0. The van der Waals surface area contributed by atoms with Gasteiger partial charge in [0.2, 0.25) is 0 Å². The van der Waals surface area contributed by atoms with Gasteiger partial charge >= 0.3 is 41.8 Å². The Labute approximate surface area is 620 Å². The third kappa shape index (κ3) is 27.4. The van der Waals surface area contributed by atoms with Crippen molar-refractivity contribution in [3.05, 3.63) is 35.5 Å². The molecular formula is C88H152O14. The first-order chi connectivity index (χ1) is 46.9. The lowest BCUT2D eigenvalue weighted by molar-refractivity contribution is -0.143. The van der Waals surface area contributed by atoms with E-state index in [1.807, 2.05) is 6.92 Å². The fourth-order valence-corrected chi connectivity index (χ4v) is 20.0. The van der Waals surface area contributed by atoms with Crippen molar-refractivity contribution in [2.24, 2.45) is 132 Å². The second-order valence-electron chi connectivity index (χ2n) is 38.9. The average molecular weight is 1430 g/mol. The Kier molecular flexibility index (Phi) is 35.4. The van der Waals surface area contributed by atoms with E-state index in [1.165, 1.54) is 101 Å². The summed E-state index contributed by atoms with van der Waals surface area (Å²) in [6.07, 6.45) is 38.4. The second kappa shape index (κ2) is 39.4. The maximum absolute atomic E-state index is 11.2. The molecule has 9 aliphatic rings. The Hall–Kier alpha value is -4.49. The van der Waals surface area contributed by atoms with Gasteiger partial charge in [-0.25, -0.2) is 4.79 Å². The zero-order valence-electron chi connectivity index (χ0n) is 68.7. The third-order valence-corrected chi connectivity index (χ3v) is 29.7. The molecule has 9 rings (SSSR count). The van der Waals surface area contributed by atoms with E-state index in [1.54, 1.807) is 13.0 Å². The predicted molar refractivity (Wildman–Crippen MR) is 414 cm³/mol. The van der Waals surface area contributed by atoms with Crippen LogP contribution in [0.2, 0.25) is 0 Å². The lowest BCUT2D eigenvalue weighted by Gasteiger charge is -2.43. The van der Waals surface area contributed by atoms with Gasteiger partial charge in [-0.3, -0.25) is 28.8 Å². The van der Waals surface area contributed by atoms with Crippen molar-refractivity contribution in [1.29, 1.82) is 0 Å². The summed E-state index contributed by atoms with van der Waals surface area (Å²) in [5.74, 6) is 4.51. The summed E-state index contributed by atoms with van der Waals surface area (Å²) in [7, 11) is 0. The van der Waals surface area contributed by atoms with E-state index in [9.17, 15) is 38.7 Å². The SMILES string of the molecule is CC1(C(=O)O)CC1CC1CC2CC2(C)C1(C)C.CC1=CCC(C/C=C/C(=O)O)C1(C)C.CC1=CCCC(C)(C)C1CCC(C)C(=O)O.CC1CCC(CC(=O)O)CC1C.CC1CCC(CCCC(=O)O)C1(C)C.CC1CCCC(C)(C)C1CCC(=O)O.CC1CCCC(C)(C)C1CCCC(=O)O. The second-order valence-corrected chi connectivity index (χ2v) is 38.9. The molecule has 14 nitrogen and oxygen atoms in total. The molecule has 0 saturated heterocycles. The van der Waals surface area contributed by atoms with Crippen molar-refractivity contribution >= 4 is 41.8 Å². The van der Waals surface area contributed by atoms with Gasteiger partial charge in [-0.2, -0.15) is 0 Å². The van der Waals surface area contributed by atoms with E-state index in [2.05, 4.69) is 151 Å². The van der Waals surface area contributed by atoms with E-state index in [0.717, 1.165) is 119 Å². The van der Waals surface area contributed by atoms with Gasteiger partial charge < -0.3 is 35.7 Å². The van der Waals surface area contributed by atoms with Crippen LogP contribution in [0.15, 0.2) is 35.5 Å². The van der Waals surface area contributed by atoms with E-state index in [4.69, 9.17) is 30.6 Å². The minimum Gasteiger partial charge on any atom is -0.481 e. The smallest absolute Gasteiger partial charge is 0.327 e. The zero-order chi connectivity index (χ0) is 77.9. The molecule has 7 fully saturated rings. The Bertz CT molecular complexity index is 2800. The van der Waals surface area contributed by atoms with Crippen molar-refractivity contribution in [1.82, 2.24) is 0 Å². The van der Waals surface area contributed by atoms with E-state index in [0.29, 0.717) is 106 Å². The van der Waals surface area contributed by atoms with Crippen molar-refractivity contribution in [3.8, 4) is 0 Å². The molecule has 0 aromatic heterocycles. The van der Waals surface area contributed by atoms with Crippen LogP contribution in [0.5, 0.6) is 0 Å². The van der Waals surface area contributed by atoms with Crippen molar-refractivity contribution in [3.63, 3.8) is 0 Å². The van der Waals surface area contributed by atoms with Gasteiger partial charge in [0.05, 0.1) is 11.3 Å². The Morgan fingerprint density at radius 3 is 1.51 bits per heavy atom. The van der Waals surface area contributed by atoms with Crippen molar-refractivity contribution in [2.45, 2.75) is 345 Å². The maximum atomic E-state index is 11.2. The van der Waals surface area contributed by atoms with Crippen LogP contribution in [0, 0.1) is 132 Å². The summed E-state index contributed by atoms with van der Waals surface area (Å²) in [5.41, 5.74) is 5.18. The standard InChI is InChI=1S/C15H24O2.C14H24O2.C13H24O2.2C12H22O2.C12H18O2.C10H18O2/c1-13(2)9(6-11-8-15(11,13)4)5-10-7-14(10,3)12(16)17;1-10-6-5-9-14(3,4)12(10)8-7-11(2)13(15)16;1-10-6-5-9-13(2,3)11(10)7-4-8-12(14)15;1-9-5-4-8-12(2,3)10(9)6-7-11(13)14;2*1-9-7-8-10(12(9,2)3)5-4-6-11(13)14;1-7-3-4-9(5-8(7)2)6-10(11)12/h9-11H,5-8H2,1-4H3,(H,16,17);6,11-12H,5,7-9H2,1-4H3,(H,15,16);10-11H,4-9H2,1-3H3,(H,14,15);2*9-10H,4-8H2,1-3H3,(H,13,14);4,6-7,10H,5,8H2,1-3H3,(H,13,14);7-9H,3-6H2,1-2H3,(H,11,12)/b;;;;;6-4+;. The predicted octanol–water partition coefficient (Wildman–Crippen LogP) is 23.3. The molecule has 0 amide bonds. The molecule has 0 spiro atoms. The molecule has 588 valence electrons. The molecule has 7 N–H and O–H groups in total. The fraction of sp³-hybridized carbons (Fsp3) is 0.852. The van der Waals surface area contributed by atoms with Crippen molar-refractivity contribution < 1.29 is 69.3 Å². The first kappa shape index (κ1) is 91.7. The van der Waals surface area contributed by atoms with E-state index in [-0.39, 0.29) is 11.3 Å². The molecule has 17 atom stereocenters. The van der Waals surface area contributed by atoms with Crippen LogP contribution in [0.3, 0.4) is 0 Å². The van der Waals surface area contributed by atoms with Gasteiger partial charge in [-0.1, -0.05) is 193 Å². The number of carboxylic acid groups (broad SMARTS) is 7. The highest BCUT2D eigenvalue weighted by Crippen LogP contribution is 2.76. The molecule has 17 unspecified atom stereocenters. The first-order valence-electron chi connectivity index (χ1n) is 40.5. The molecule has 7 saturated carbocycles. The summed E-state index contributed by atoms with van der Waals surface area (Å²) in [4.78, 5) is 74.2. The third-order valence-electron chi connectivity index (χ3n) is 29.7. The zero-order valence-corrected chi connectivity index (χ0v) is 68.7. The molecule has 0 aromatic carbocycles. The van der Waals surface area contributed by atoms with E-state index >= 15 is 0 Å². The summed E-state index contributed by atoms with van der Waals surface area (Å²) < 4.78 is 0. The average Bonchev–Trinajstić information content (AvgIpc) is 1.52. The minimum absolute atomic E-state index is 0.217. The van der Waals surface area contributed by atoms with Crippen LogP contribution in [0.4, 0.5) is 0 Å². The summed E-state index contributed by atoms with van der Waals surface area (Å²) in [6, 6.07) is 0. The number of aliphatic carboxylic acids is 7. The van der Waals surface area contributed by atoms with Crippen LogP contribution in [-0.4, -0.2) is 77.5 Å². The number of allylic oxidation sites excluding steroid dienone is 5. The molecule has 0 aliphatic heterocycles. The largest absolute Gasteiger partial charge is 0.481 e. The molecule has 0 heterocycles. The summed E-state index contributed by atoms with van der Waals surface area (Å²) >= 11 is 0. The maximum Gasteiger partial charge on any atom is 0.327 e. The molecule has 14 heteroatoms. The lowest BCUT2D eigenvalue weighted by atomic mass is 9.62. The highest BCUT2D eigenvalue weighted by molar-refractivity contribution is 5.79. The molecule has 102 heavy (non-hydrogen) atoms. The Balaban J connectivity index is 0.000000310. The van der Waals surface area contributed by atoms with Crippen LogP contribution in [-0.2, 0) is 33.6 Å². The van der Waals surface area contributed by atoms with Gasteiger partial charge in [0.25, 0.3) is 0 Å². The van der Waals surface area contributed by atoms with Crippen molar-refractivity contribution in [2.75, 3.05) is 0 Å². The molecule has 9 aliphatic carbocycles. The number of hydrogen-bond donors (Lipinski definition) is 7. The number of rotatable bonds is 23. The molecular weight excluding hydrogens is 1280 g/mol. The summed E-state index contributed by atoms with van der Waals surface area (Å²) in [5, 5.41) is 61.1. The first-order valence-corrected chi connectivity index (χ1v) is 40.5. The highest BCUT2D eigenvalue weighted by Gasteiger charge is 2.69. The number of fused-ring (bicyclic) bond motifs is 1. The highest BCUT2D eigenvalue weighted by atomic mass is 16.4. The minimum atomic E-state index is -0.856. The van der Waals surface area contributed by atoms with Gasteiger partial charge in [0, 0.05) is 31.8 Å². The van der Waals surface area contributed by atoms with Crippen LogP contribution >= 0.6 is 0 Å². The van der Waals surface area contributed by atoms with Gasteiger partial charge in [0.1, 0.15) is 0 Å². The number of hydrogen-bond acceptors (Lipinski definition) is 7. The monoisotopic (exact) mass is 1430 g/mol. The Morgan fingerprint density at radius 2 is 1.09 bits per heavy atom. The molecule has 0 aromatic rings. The lowest BCUT2D eigenvalue weighted by Crippen LogP contribution is -2.34. The van der Waals surface area contributed by atoms with Crippen LogP contribution in [0.25, 0.3) is 0 Å². The topological polar surface area (TPSA) is 261 Å². The van der Waals surface area contributed by atoms with Gasteiger partial charge in [-0.05, 0) is 276 Å². The quantitative estimate of drug-likeness (QED) is 0.0371. The van der Waals surface area contributed by atoms with Crippen LogP contribution < -0.4 is 0 Å².